The van der Waals surface area contributed by atoms with Gasteiger partial charge in [0.15, 0.2) is 5.82 Å². The molecule has 0 radical (unpaired) electrons. The zero-order valence-corrected chi connectivity index (χ0v) is 14.3. The molecule has 2 aromatic rings. The van der Waals surface area contributed by atoms with E-state index < -0.39 is 0 Å². The van der Waals surface area contributed by atoms with Crippen molar-refractivity contribution in [1.82, 2.24) is 20.2 Å². The van der Waals surface area contributed by atoms with Gasteiger partial charge in [-0.1, -0.05) is 20.8 Å². The standard InChI is InChI=1S/C17H24N6/c1-13-11-18-16(19-12-13)23-9-7-22(8-10-23)15-6-5-14(20-21-15)17(2,3)4/h5-6,11-12H,7-10H2,1-4H3. The lowest BCUT2D eigenvalue weighted by atomic mass is 9.92. The van der Waals surface area contributed by atoms with E-state index >= 15 is 0 Å². The Balaban J connectivity index is 1.63. The van der Waals surface area contributed by atoms with E-state index in [-0.39, 0.29) is 5.41 Å². The average molecular weight is 312 g/mol. The highest BCUT2D eigenvalue weighted by Crippen LogP contribution is 2.21. The molecule has 6 heteroatoms. The number of hydrogen-bond acceptors (Lipinski definition) is 6. The van der Waals surface area contributed by atoms with E-state index in [1.807, 2.05) is 19.3 Å². The van der Waals surface area contributed by atoms with Crippen LogP contribution in [0.1, 0.15) is 32.0 Å². The molecular formula is C17H24N6. The molecule has 3 heterocycles. The molecule has 1 fully saturated rings. The molecule has 0 bridgehead atoms. The van der Waals surface area contributed by atoms with Crippen LogP contribution in [0.15, 0.2) is 24.5 Å². The van der Waals surface area contributed by atoms with Crippen LogP contribution < -0.4 is 9.80 Å². The summed E-state index contributed by atoms with van der Waals surface area (Å²) in [5.41, 5.74) is 2.14. The Morgan fingerprint density at radius 2 is 1.48 bits per heavy atom. The average Bonchev–Trinajstić information content (AvgIpc) is 2.55. The predicted octanol–water partition coefficient (Wildman–Crippen LogP) is 2.20. The maximum absolute atomic E-state index is 4.41. The van der Waals surface area contributed by atoms with Crippen LogP contribution >= 0.6 is 0 Å². The SMILES string of the molecule is Cc1cnc(N2CCN(c3ccc(C(C)(C)C)nn3)CC2)nc1. The molecule has 0 unspecified atom stereocenters. The van der Waals surface area contributed by atoms with Crippen molar-refractivity contribution >= 4 is 11.8 Å². The van der Waals surface area contributed by atoms with Gasteiger partial charge in [-0.25, -0.2) is 9.97 Å². The fourth-order valence-electron chi connectivity index (χ4n) is 2.58. The van der Waals surface area contributed by atoms with E-state index in [1.165, 1.54) is 0 Å². The van der Waals surface area contributed by atoms with Gasteiger partial charge in [0.25, 0.3) is 0 Å². The van der Waals surface area contributed by atoms with Crippen LogP contribution in [0.3, 0.4) is 0 Å². The molecule has 1 aliphatic rings. The van der Waals surface area contributed by atoms with Crippen molar-refractivity contribution in [3.05, 3.63) is 35.8 Å². The second kappa shape index (κ2) is 6.10. The molecule has 3 rings (SSSR count). The zero-order valence-electron chi connectivity index (χ0n) is 14.3. The molecule has 23 heavy (non-hydrogen) atoms. The van der Waals surface area contributed by atoms with Crippen molar-refractivity contribution < 1.29 is 0 Å². The second-order valence-electron chi connectivity index (χ2n) is 7.06. The fraction of sp³-hybridized carbons (Fsp3) is 0.529. The Labute approximate surface area is 137 Å². The summed E-state index contributed by atoms with van der Waals surface area (Å²) in [4.78, 5) is 13.3. The maximum atomic E-state index is 4.41. The Hall–Kier alpha value is -2.24. The molecule has 0 spiro atoms. The lowest BCUT2D eigenvalue weighted by molar-refractivity contribution is 0.556. The minimum atomic E-state index is 0.0347. The van der Waals surface area contributed by atoms with E-state index in [2.05, 4.69) is 62.9 Å². The van der Waals surface area contributed by atoms with E-state index in [9.17, 15) is 0 Å². The number of rotatable bonds is 2. The van der Waals surface area contributed by atoms with Gasteiger partial charge in [0.05, 0.1) is 5.69 Å². The number of anilines is 2. The third-order valence-corrected chi connectivity index (χ3v) is 4.07. The largest absolute Gasteiger partial charge is 0.352 e. The first-order chi connectivity index (χ1) is 10.9. The van der Waals surface area contributed by atoms with Crippen LogP contribution in [0, 0.1) is 6.92 Å². The van der Waals surface area contributed by atoms with Crippen molar-refractivity contribution in [2.24, 2.45) is 0 Å². The highest BCUT2D eigenvalue weighted by Gasteiger charge is 2.21. The number of aryl methyl sites for hydroxylation is 1. The molecule has 1 saturated heterocycles. The van der Waals surface area contributed by atoms with Gasteiger partial charge in [-0.05, 0) is 24.6 Å². The van der Waals surface area contributed by atoms with Crippen molar-refractivity contribution in [3.8, 4) is 0 Å². The first-order valence-corrected chi connectivity index (χ1v) is 8.06. The molecule has 0 saturated carbocycles. The molecule has 0 N–H and O–H groups in total. The summed E-state index contributed by atoms with van der Waals surface area (Å²) in [6.45, 7) is 12.0. The Morgan fingerprint density at radius 1 is 0.870 bits per heavy atom. The molecule has 122 valence electrons. The summed E-state index contributed by atoms with van der Waals surface area (Å²) in [5, 5.41) is 8.79. The van der Waals surface area contributed by atoms with Gasteiger partial charge in [-0.3, -0.25) is 0 Å². The second-order valence-corrected chi connectivity index (χ2v) is 7.06. The van der Waals surface area contributed by atoms with Gasteiger partial charge in [-0.15, -0.1) is 5.10 Å². The zero-order chi connectivity index (χ0) is 16.4. The van der Waals surface area contributed by atoms with Gasteiger partial charge in [0.1, 0.15) is 0 Å². The van der Waals surface area contributed by atoms with Crippen LogP contribution in [0.5, 0.6) is 0 Å². The van der Waals surface area contributed by atoms with Crippen LogP contribution in [-0.4, -0.2) is 46.3 Å². The number of piperazine rings is 1. The monoisotopic (exact) mass is 312 g/mol. The molecule has 0 atom stereocenters. The smallest absolute Gasteiger partial charge is 0.225 e. The van der Waals surface area contributed by atoms with Gasteiger partial charge in [-0.2, -0.15) is 5.10 Å². The number of hydrogen-bond donors (Lipinski definition) is 0. The summed E-state index contributed by atoms with van der Waals surface area (Å²) in [6.07, 6.45) is 3.73. The minimum absolute atomic E-state index is 0.0347. The Morgan fingerprint density at radius 3 is 2.00 bits per heavy atom. The minimum Gasteiger partial charge on any atom is -0.352 e. The molecule has 0 aromatic carbocycles. The van der Waals surface area contributed by atoms with Crippen LogP contribution in [0.2, 0.25) is 0 Å². The quantitative estimate of drug-likeness (QED) is 0.847. The summed E-state index contributed by atoms with van der Waals surface area (Å²) in [6, 6.07) is 4.16. The van der Waals surface area contributed by atoms with Gasteiger partial charge >= 0.3 is 0 Å². The van der Waals surface area contributed by atoms with Crippen LogP contribution in [0.4, 0.5) is 11.8 Å². The molecule has 0 aliphatic carbocycles. The summed E-state index contributed by atoms with van der Waals surface area (Å²) in [7, 11) is 0. The van der Waals surface area contributed by atoms with E-state index in [0.717, 1.165) is 49.2 Å². The van der Waals surface area contributed by atoms with E-state index in [1.54, 1.807) is 0 Å². The van der Waals surface area contributed by atoms with Crippen LogP contribution in [0.25, 0.3) is 0 Å². The van der Waals surface area contributed by atoms with Gasteiger partial charge in [0, 0.05) is 44.0 Å². The predicted molar refractivity (Wildman–Crippen MR) is 91.9 cm³/mol. The third kappa shape index (κ3) is 3.57. The van der Waals surface area contributed by atoms with Crippen LogP contribution in [-0.2, 0) is 5.41 Å². The first-order valence-electron chi connectivity index (χ1n) is 8.06. The Kier molecular flexibility index (Phi) is 4.15. The maximum Gasteiger partial charge on any atom is 0.225 e. The number of aromatic nitrogens is 4. The van der Waals surface area contributed by atoms with Crippen molar-refractivity contribution in [2.75, 3.05) is 36.0 Å². The molecule has 1 aliphatic heterocycles. The highest BCUT2D eigenvalue weighted by molar-refractivity contribution is 5.42. The van der Waals surface area contributed by atoms with Gasteiger partial charge < -0.3 is 9.80 Å². The van der Waals surface area contributed by atoms with Crippen molar-refractivity contribution in [1.29, 1.82) is 0 Å². The van der Waals surface area contributed by atoms with E-state index in [0.29, 0.717) is 0 Å². The Bertz CT molecular complexity index is 636. The molecule has 0 amide bonds. The summed E-state index contributed by atoms with van der Waals surface area (Å²) in [5.74, 6) is 1.76. The normalized spacial score (nSPS) is 15.8. The van der Waals surface area contributed by atoms with Crippen molar-refractivity contribution in [2.45, 2.75) is 33.1 Å². The molecule has 6 nitrogen and oxygen atoms in total. The number of nitrogens with zero attached hydrogens (tertiary/aromatic N) is 6. The molecule has 2 aromatic heterocycles. The fourth-order valence-corrected chi connectivity index (χ4v) is 2.58. The van der Waals surface area contributed by atoms with Crippen molar-refractivity contribution in [3.63, 3.8) is 0 Å². The van der Waals surface area contributed by atoms with Gasteiger partial charge in [0.2, 0.25) is 5.95 Å². The van der Waals surface area contributed by atoms with E-state index in [4.69, 9.17) is 0 Å². The first kappa shape index (κ1) is 15.6. The third-order valence-electron chi connectivity index (χ3n) is 4.07. The molecular weight excluding hydrogens is 288 g/mol. The lowest BCUT2D eigenvalue weighted by Crippen LogP contribution is -2.47. The lowest BCUT2D eigenvalue weighted by Gasteiger charge is -2.35. The summed E-state index contributed by atoms with van der Waals surface area (Å²) >= 11 is 0. The highest BCUT2D eigenvalue weighted by atomic mass is 15.3. The summed E-state index contributed by atoms with van der Waals surface area (Å²) < 4.78 is 0. The topological polar surface area (TPSA) is 58.0 Å².